The molecule has 0 bridgehead atoms. The van der Waals surface area contributed by atoms with E-state index in [4.69, 9.17) is 18.6 Å². The van der Waals surface area contributed by atoms with E-state index >= 15 is 0 Å². The van der Waals surface area contributed by atoms with Crippen LogP contribution in [0.4, 0.5) is 0 Å². The first-order valence-corrected chi connectivity index (χ1v) is 8.94. The maximum absolute atomic E-state index is 13.2. The van der Waals surface area contributed by atoms with E-state index in [0.717, 1.165) is 11.1 Å². The van der Waals surface area contributed by atoms with Crippen LogP contribution in [0.25, 0.3) is 22.3 Å². The molecule has 0 fully saturated rings. The van der Waals surface area contributed by atoms with Crippen LogP contribution in [-0.2, 0) is 4.79 Å². The highest BCUT2D eigenvalue weighted by Gasteiger charge is 2.22. The van der Waals surface area contributed by atoms with Crippen molar-refractivity contribution in [1.29, 1.82) is 0 Å². The van der Waals surface area contributed by atoms with Gasteiger partial charge < -0.3 is 28.5 Å². The summed E-state index contributed by atoms with van der Waals surface area (Å²) in [4.78, 5) is 24.4. The lowest BCUT2D eigenvalue weighted by Gasteiger charge is -2.18. The van der Waals surface area contributed by atoms with Gasteiger partial charge in [-0.2, -0.15) is 0 Å². The molecule has 1 aromatic heterocycles. The molecule has 1 atom stereocenters. The van der Waals surface area contributed by atoms with Gasteiger partial charge in [-0.05, 0) is 56.2 Å². The predicted octanol–water partition coefficient (Wildman–Crippen LogP) is 2.61. The van der Waals surface area contributed by atoms with Gasteiger partial charge in [0.15, 0.2) is 17.3 Å². The molecular formula is C22H21O7-. The highest BCUT2D eigenvalue weighted by molar-refractivity contribution is 5.85. The molecule has 29 heavy (non-hydrogen) atoms. The molecule has 1 heterocycles. The molecule has 2 aromatic carbocycles. The first kappa shape index (κ1) is 20.3. The molecule has 0 saturated carbocycles. The minimum absolute atomic E-state index is 0.100. The number of ether oxygens (including phenoxy) is 3. The van der Waals surface area contributed by atoms with Crippen LogP contribution in [-0.4, -0.2) is 26.3 Å². The Balaban J connectivity index is 2.34. The monoisotopic (exact) mass is 397 g/mol. The molecule has 152 valence electrons. The van der Waals surface area contributed by atoms with Crippen LogP contribution in [0.3, 0.4) is 0 Å². The van der Waals surface area contributed by atoms with Gasteiger partial charge in [0.1, 0.15) is 11.7 Å². The number of benzene rings is 2. The molecule has 0 spiro atoms. The van der Waals surface area contributed by atoms with Crippen molar-refractivity contribution >= 4 is 16.9 Å². The van der Waals surface area contributed by atoms with E-state index < -0.39 is 17.5 Å². The molecule has 3 rings (SSSR count). The second kappa shape index (κ2) is 7.87. The van der Waals surface area contributed by atoms with Crippen LogP contribution in [0.15, 0.2) is 39.5 Å². The van der Waals surface area contributed by atoms with Crippen LogP contribution >= 0.6 is 0 Å². The molecule has 7 nitrogen and oxygen atoms in total. The Labute approximate surface area is 167 Å². The lowest BCUT2D eigenvalue weighted by atomic mass is 10.0. The molecule has 0 aliphatic rings. The minimum atomic E-state index is -1.44. The van der Waals surface area contributed by atoms with Gasteiger partial charge in [-0.1, -0.05) is 6.07 Å². The van der Waals surface area contributed by atoms with Gasteiger partial charge in [-0.25, -0.2) is 0 Å². The minimum Gasteiger partial charge on any atom is -0.546 e. The number of carbonyl (C=O) groups excluding carboxylic acids is 1. The summed E-state index contributed by atoms with van der Waals surface area (Å²) in [7, 11) is 3.00. The summed E-state index contributed by atoms with van der Waals surface area (Å²) in [5, 5.41) is 11.5. The third kappa shape index (κ3) is 3.76. The summed E-state index contributed by atoms with van der Waals surface area (Å²) in [6, 6.07) is 8.54. The van der Waals surface area contributed by atoms with Crippen LogP contribution in [0, 0.1) is 13.8 Å². The fourth-order valence-electron chi connectivity index (χ4n) is 3.13. The highest BCUT2D eigenvalue weighted by atomic mass is 16.5. The topological polar surface area (TPSA) is 98.0 Å². The molecule has 0 aliphatic carbocycles. The highest BCUT2D eigenvalue weighted by Crippen LogP contribution is 2.37. The van der Waals surface area contributed by atoms with E-state index in [9.17, 15) is 14.7 Å². The van der Waals surface area contributed by atoms with Crippen molar-refractivity contribution in [3.63, 3.8) is 0 Å². The second-order valence-corrected chi connectivity index (χ2v) is 6.70. The Morgan fingerprint density at radius 3 is 2.38 bits per heavy atom. The van der Waals surface area contributed by atoms with Crippen molar-refractivity contribution < 1.29 is 28.5 Å². The van der Waals surface area contributed by atoms with Gasteiger partial charge in [-0.15, -0.1) is 0 Å². The van der Waals surface area contributed by atoms with Crippen LogP contribution in [0.1, 0.15) is 18.1 Å². The Hall–Kier alpha value is -3.48. The van der Waals surface area contributed by atoms with Gasteiger partial charge in [-0.3, -0.25) is 4.79 Å². The Morgan fingerprint density at radius 1 is 1.07 bits per heavy atom. The number of rotatable bonds is 6. The average Bonchev–Trinajstić information content (AvgIpc) is 2.69. The van der Waals surface area contributed by atoms with Crippen molar-refractivity contribution in [3.8, 4) is 28.6 Å². The van der Waals surface area contributed by atoms with Crippen molar-refractivity contribution in [2.45, 2.75) is 26.9 Å². The van der Waals surface area contributed by atoms with Crippen molar-refractivity contribution in [1.82, 2.24) is 0 Å². The van der Waals surface area contributed by atoms with Gasteiger partial charge in [0.2, 0.25) is 11.2 Å². The predicted molar refractivity (Wildman–Crippen MR) is 106 cm³/mol. The fraction of sp³-hybridized carbons (Fsp3) is 0.273. The van der Waals surface area contributed by atoms with Crippen molar-refractivity contribution in [2.24, 2.45) is 0 Å². The van der Waals surface area contributed by atoms with Gasteiger partial charge >= 0.3 is 0 Å². The lowest BCUT2D eigenvalue weighted by molar-refractivity contribution is -0.312. The summed E-state index contributed by atoms with van der Waals surface area (Å²) in [6.45, 7) is 4.98. The maximum Gasteiger partial charge on any atom is 0.235 e. The first-order chi connectivity index (χ1) is 13.8. The number of aryl methyl sites for hydroxylation is 2. The fourth-order valence-corrected chi connectivity index (χ4v) is 3.13. The molecule has 0 amide bonds. The molecular weight excluding hydrogens is 376 g/mol. The summed E-state index contributed by atoms with van der Waals surface area (Å²) >= 11 is 0. The summed E-state index contributed by atoms with van der Waals surface area (Å²) < 4.78 is 22.1. The van der Waals surface area contributed by atoms with Crippen LogP contribution < -0.4 is 24.7 Å². The Morgan fingerprint density at radius 2 is 1.76 bits per heavy atom. The zero-order chi connectivity index (χ0) is 21.3. The van der Waals surface area contributed by atoms with E-state index in [0.29, 0.717) is 28.0 Å². The van der Waals surface area contributed by atoms with Gasteiger partial charge in [0, 0.05) is 5.56 Å². The quantitative estimate of drug-likeness (QED) is 0.630. The zero-order valence-electron chi connectivity index (χ0n) is 16.8. The molecule has 1 unspecified atom stereocenters. The third-order valence-electron chi connectivity index (χ3n) is 4.55. The first-order valence-electron chi connectivity index (χ1n) is 8.94. The van der Waals surface area contributed by atoms with E-state index in [2.05, 4.69) is 0 Å². The van der Waals surface area contributed by atoms with E-state index in [1.807, 2.05) is 19.9 Å². The second-order valence-electron chi connectivity index (χ2n) is 6.70. The standard InChI is InChI=1S/C22H22O7/c1-11-8-12(2)19-15(9-11)18(23)21(28-13(3)22(24)25)20(29-19)14-6-7-16(26-4)17(10-14)27-5/h6-10,13H,1-5H3,(H,24,25)/p-1. The SMILES string of the molecule is COc1ccc(-c2oc3c(C)cc(C)cc3c(=O)c2OC(C)C(=O)[O-])cc1OC. The lowest BCUT2D eigenvalue weighted by Crippen LogP contribution is -2.38. The van der Waals surface area contributed by atoms with Crippen LogP contribution in [0.2, 0.25) is 0 Å². The third-order valence-corrected chi connectivity index (χ3v) is 4.55. The molecule has 3 aromatic rings. The number of carboxylic acids is 1. The number of hydrogen-bond acceptors (Lipinski definition) is 7. The summed E-state index contributed by atoms with van der Waals surface area (Å²) in [6.07, 6.45) is -1.35. The number of fused-ring (bicyclic) bond motifs is 1. The molecule has 7 heteroatoms. The van der Waals surface area contributed by atoms with E-state index in [1.54, 1.807) is 24.3 Å². The van der Waals surface area contributed by atoms with Crippen molar-refractivity contribution in [2.75, 3.05) is 14.2 Å². The summed E-state index contributed by atoms with van der Waals surface area (Å²) in [5.41, 5.74) is 2.07. The largest absolute Gasteiger partial charge is 0.546 e. The number of aliphatic carboxylic acids is 1. The molecule has 0 N–H and O–H groups in total. The maximum atomic E-state index is 13.2. The number of methoxy groups -OCH3 is 2. The average molecular weight is 397 g/mol. The van der Waals surface area contributed by atoms with Crippen LogP contribution in [0.5, 0.6) is 17.2 Å². The smallest absolute Gasteiger partial charge is 0.235 e. The molecule has 0 aliphatic heterocycles. The normalized spacial score (nSPS) is 11.9. The Kier molecular flexibility index (Phi) is 5.50. The number of carboxylic acid groups (broad SMARTS) is 1. The number of hydrogen-bond donors (Lipinski definition) is 0. The number of carbonyl (C=O) groups is 1. The molecule has 0 radical (unpaired) electrons. The van der Waals surface area contributed by atoms with E-state index in [-0.39, 0.29) is 11.5 Å². The van der Waals surface area contributed by atoms with Gasteiger partial charge in [0.05, 0.1) is 25.6 Å². The molecule has 0 saturated heterocycles. The Bertz CT molecular complexity index is 1140. The zero-order valence-corrected chi connectivity index (χ0v) is 16.8. The van der Waals surface area contributed by atoms with Gasteiger partial charge in [0.25, 0.3) is 0 Å². The summed E-state index contributed by atoms with van der Waals surface area (Å²) in [5.74, 6) is -0.623. The van der Waals surface area contributed by atoms with E-state index in [1.165, 1.54) is 21.1 Å². The van der Waals surface area contributed by atoms with Crippen molar-refractivity contribution in [3.05, 3.63) is 51.7 Å².